The summed E-state index contributed by atoms with van der Waals surface area (Å²) in [7, 11) is 1.70. The van der Waals surface area contributed by atoms with Gasteiger partial charge in [-0.15, -0.1) is 0 Å². The highest BCUT2D eigenvalue weighted by atomic mass is 16.1. The number of anilines is 2. The second kappa shape index (κ2) is 4.40. The monoisotopic (exact) mass is 195 g/mol. The van der Waals surface area contributed by atoms with Crippen LogP contribution in [0.25, 0.3) is 0 Å². The number of nitrogens with one attached hydrogen (secondary N) is 2. The molecule has 0 fully saturated rings. The Labute approximate surface area is 81.9 Å². The molecule has 0 bridgehead atoms. The third kappa shape index (κ3) is 2.09. The zero-order valence-electron chi connectivity index (χ0n) is 8.16. The molecule has 0 saturated heterocycles. The molecular formula is C8H13N5O. The van der Waals surface area contributed by atoms with Crippen molar-refractivity contribution in [3.05, 3.63) is 11.8 Å². The van der Waals surface area contributed by atoms with Crippen molar-refractivity contribution >= 4 is 17.7 Å². The van der Waals surface area contributed by atoms with Crippen LogP contribution in [-0.2, 0) is 0 Å². The summed E-state index contributed by atoms with van der Waals surface area (Å²) in [6.07, 6.45) is 1.40. The Morgan fingerprint density at radius 3 is 2.86 bits per heavy atom. The van der Waals surface area contributed by atoms with Gasteiger partial charge >= 0.3 is 0 Å². The predicted molar refractivity (Wildman–Crippen MR) is 54.3 cm³/mol. The summed E-state index contributed by atoms with van der Waals surface area (Å²) < 4.78 is 0. The van der Waals surface area contributed by atoms with E-state index >= 15 is 0 Å². The van der Waals surface area contributed by atoms with Crippen LogP contribution < -0.4 is 16.4 Å². The first kappa shape index (κ1) is 10.2. The second-order valence-corrected chi connectivity index (χ2v) is 2.60. The summed E-state index contributed by atoms with van der Waals surface area (Å²) >= 11 is 0. The minimum atomic E-state index is -0.538. The molecule has 6 heteroatoms. The normalized spacial score (nSPS) is 9.57. The van der Waals surface area contributed by atoms with Gasteiger partial charge in [0.15, 0.2) is 0 Å². The van der Waals surface area contributed by atoms with Gasteiger partial charge in [-0.25, -0.2) is 4.98 Å². The van der Waals surface area contributed by atoms with Gasteiger partial charge in [0.2, 0.25) is 5.95 Å². The van der Waals surface area contributed by atoms with Crippen LogP contribution in [0.4, 0.5) is 11.8 Å². The molecule has 0 saturated carbocycles. The van der Waals surface area contributed by atoms with Gasteiger partial charge in [0.05, 0.1) is 5.56 Å². The molecule has 0 aliphatic rings. The van der Waals surface area contributed by atoms with Crippen LogP contribution in [0.15, 0.2) is 6.20 Å². The maximum absolute atomic E-state index is 11.0. The van der Waals surface area contributed by atoms with Crippen molar-refractivity contribution in [2.75, 3.05) is 24.2 Å². The van der Waals surface area contributed by atoms with Crippen LogP contribution in [0, 0.1) is 0 Å². The Kier molecular flexibility index (Phi) is 3.22. The molecule has 1 aromatic rings. The molecule has 76 valence electrons. The quantitative estimate of drug-likeness (QED) is 0.631. The Morgan fingerprint density at radius 2 is 2.36 bits per heavy atom. The molecule has 0 aliphatic heterocycles. The van der Waals surface area contributed by atoms with Crippen LogP contribution in [0.5, 0.6) is 0 Å². The van der Waals surface area contributed by atoms with E-state index in [0.29, 0.717) is 23.9 Å². The molecule has 0 aliphatic carbocycles. The largest absolute Gasteiger partial charge is 0.370 e. The van der Waals surface area contributed by atoms with Crippen molar-refractivity contribution in [2.45, 2.75) is 6.92 Å². The molecule has 0 radical (unpaired) electrons. The third-order valence-electron chi connectivity index (χ3n) is 1.62. The molecule has 0 atom stereocenters. The van der Waals surface area contributed by atoms with Crippen LogP contribution in [0.3, 0.4) is 0 Å². The number of nitrogens with two attached hydrogens (primary N) is 1. The Morgan fingerprint density at radius 1 is 1.64 bits per heavy atom. The maximum atomic E-state index is 11.0. The topological polar surface area (TPSA) is 92.9 Å². The number of rotatable bonds is 4. The molecule has 1 aromatic heterocycles. The lowest BCUT2D eigenvalue weighted by Crippen LogP contribution is -2.16. The van der Waals surface area contributed by atoms with Crippen molar-refractivity contribution in [1.82, 2.24) is 9.97 Å². The Balaban J connectivity index is 3.10. The lowest BCUT2D eigenvalue weighted by molar-refractivity contribution is 0.100. The minimum absolute atomic E-state index is 0.297. The lowest BCUT2D eigenvalue weighted by Gasteiger charge is -2.07. The van der Waals surface area contributed by atoms with E-state index in [9.17, 15) is 4.79 Å². The zero-order chi connectivity index (χ0) is 10.6. The first-order chi connectivity index (χ1) is 6.69. The average Bonchev–Trinajstić information content (AvgIpc) is 2.17. The number of carbonyl (C=O) groups excluding carboxylic acids is 1. The molecule has 6 nitrogen and oxygen atoms in total. The molecular weight excluding hydrogens is 182 g/mol. The molecule has 14 heavy (non-hydrogen) atoms. The predicted octanol–water partition coefficient (Wildman–Crippen LogP) is 0.0490. The summed E-state index contributed by atoms with van der Waals surface area (Å²) in [5.41, 5.74) is 5.45. The second-order valence-electron chi connectivity index (χ2n) is 2.60. The van der Waals surface area contributed by atoms with Gasteiger partial charge in [-0.2, -0.15) is 4.98 Å². The van der Waals surface area contributed by atoms with E-state index in [2.05, 4.69) is 20.6 Å². The standard InChI is InChI=1S/C8H13N5O/c1-3-11-7-5(6(9)14)4-12-8(10-2)13-7/h4H,3H2,1-2H3,(H2,9,14)(H2,10,11,12,13). The number of amides is 1. The number of aromatic nitrogens is 2. The highest BCUT2D eigenvalue weighted by Gasteiger charge is 2.10. The molecule has 0 spiro atoms. The van der Waals surface area contributed by atoms with E-state index in [0.717, 1.165) is 0 Å². The zero-order valence-corrected chi connectivity index (χ0v) is 8.16. The number of nitrogens with zero attached hydrogens (tertiary/aromatic N) is 2. The molecule has 0 aromatic carbocycles. The van der Waals surface area contributed by atoms with Crippen molar-refractivity contribution < 1.29 is 4.79 Å². The van der Waals surface area contributed by atoms with E-state index < -0.39 is 5.91 Å². The fourth-order valence-electron chi connectivity index (χ4n) is 0.985. The summed E-state index contributed by atoms with van der Waals surface area (Å²) in [5, 5.41) is 5.72. The molecule has 1 amide bonds. The average molecular weight is 195 g/mol. The first-order valence-corrected chi connectivity index (χ1v) is 4.27. The molecule has 4 N–H and O–H groups in total. The number of primary amides is 1. The lowest BCUT2D eigenvalue weighted by atomic mass is 10.3. The number of carbonyl (C=O) groups is 1. The van der Waals surface area contributed by atoms with Gasteiger partial charge in [0.1, 0.15) is 5.82 Å². The molecule has 1 rings (SSSR count). The van der Waals surface area contributed by atoms with Crippen LogP contribution >= 0.6 is 0 Å². The minimum Gasteiger partial charge on any atom is -0.370 e. The SMILES string of the molecule is CCNc1nc(NC)ncc1C(N)=O. The van der Waals surface area contributed by atoms with Crippen molar-refractivity contribution in [3.8, 4) is 0 Å². The van der Waals surface area contributed by atoms with Gasteiger partial charge in [-0.05, 0) is 6.92 Å². The van der Waals surface area contributed by atoms with Crippen molar-refractivity contribution in [2.24, 2.45) is 5.73 Å². The smallest absolute Gasteiger partial charge is 0.254 e. The fourth-order valence-corrected chi connectivity index (χ4v) is 0.985. The summed E-state index contributed by atoms with van der Waals surface area (Å²) in [4.78, 5) is 18.9. The fraction of sp³-hybridized carbons (Fsp3) is 0.375. The first-order valence-electron chi connectivity index (χ1n) is 4.27. The summed E-state index contributed by atoms with van der Waals surface area (Å²) in [6, 6.07) is 0. The third-order valence-corrected chi connectivity index (χ3v) is 1.62. The van der Waals surface area contributed by atoms with Gasteiger partial charge < -0.3 is 16.4 Å². The Bertz CT molecular complexity index is 339. The highest BCUT2D eigenvalue weighted by molar-refractivity contribution is 5.97. The van der Waals surface area contributed by atoms with E-state index in [1.165, 1.54) is 6.20 Å². The van der Waals surface area contributed by atoms with Crippen LogP contribution in [0.2, 0.25) is 0 Å². The van der Waals surface area contributed by atoms with Crippen LogP contribution in [0.1, 0.15) is 17.3 Å². The van der Waals surface area contributed by atoms with Gasteiger partial charge in [-0.3, -0.25) is 4.79 Å². The van der Waals surface area contributed by atoms with Gasteiger partial charge in [-0.1, -0.05) is 0 Å². The summed E-state index contributed by atoms with van der Waals surface area (Å²) in [5.74, 6) is 0.369. The van der Waals surface area contributed by atoms with Crippen LogP contribution in [-0.4, -0.2) is 29.5 Å². The van der Waals surface area contributed by atoms with E-state index in [4.69, 9.17) is 5.73 Å². The van der Waals surface area contributed by atoms with Crippen molar-refractivity contribution in [1.29, 1.82) is 0 Å². The van der Waals surface area contributed by atoms with E-state index in [1.807, 2.05) is 6.92 Å². The number of hydrogen-bond donors (Lipinski definition) is 3. The highest BCUT2D eigenvalue weighted by Crippen LogP contribution is 2.12. The Hall–Kier alpha value is -1.85. The maximum Gasteiger partial charge on any atom is 0.254 e. The van der Waals surface area contributed by atoms with Gasteiger partial charge in [0, 0.05) is 19.8 Å². The van der Waals surface area contributed by atoms with Crippen molar-refractivity contribution in [3.63, 3.8) is 0 Å². The van der Waals surface area contributed by atoms with Gasteiger partial charge in [0.25, 0.3) is 5.91 Å². The number of hydrogen-bond acceptors (Lipinski definition) is 5. The molecule has 0 unspecified atom stereocenters. The van der Waals surface area contributed by atoms with E-state index in [1.54, 1.807) is 7.05 Å². The summed E-state index contributed by atoms with van der Waals surface area (Å²) in [6.45, 7) is 2.58. The van der Waals surface area contributed by atoms with E-state index in [-0.39, 0.29) is 0 Å². The molecule has 1 heterocycles.